The number of benzene rings is 2. The van der Waals surface area contributed by atoms with Crippen molar-refractivity contribution in [2.45, 2.75) is 19.8 Å². The Labute approximate surface area is 167 Å². The molecule has 2 aromatic carbocycles. The van der Waals surface area contributed by atoms with Crippen molar-refractivity contribution in [2.75, 3.05) is 13.1 Å². The van der Waals surface area contributed by atoms with Gasteiger partial charge in [-0.15, -0.1) is 0 Å². The molecule has 1 amide bonds. The third-order valence-electron chi connectivity index (χ3n) is 5.44. The average molecular weight is 398 g/mol. The van der Waals surface area contributed by atoms with Gasteiger partial charge in [-0.25, -0.2) is 0 Å². The molecule has 0 unspecified atom stereocenters. The van der Waals surface area contributed by atoms with Crippen LogP contribution in [0.1, 0.15) is 29.0 Å². The number of carbonyl (C=O) groups is 2. The zero-order valence-corrected chi connectivity index (χ0v) is 16.2. The number of furan rings is 1. The first-order chi connectivity index (χ1) is 13.4. The average Bonchev–Trinajstić information content (AvgIpc) is 3.04. The number of amides is 1. The van der Waals surface area contributed by atoms with Crippen molar-refractivity contribution >= 4 is 34.4 Å². The molecule has 0 atom stereocenters. The predicted molar refractivity (Wildman–Crippen MR) is 108 cm³/mol. The van der Waals surface area contributed by atoms with Gasteiger partial charge in [-0.2, -0.15) is 0 Å². The number of fused-ring (bicyclic) bond motifs is 1. The van der Waals surface area contributed by atoms with E-state index in [0.717, 1.165) is 22.1 Å². The van der Waals surface area contributed by atoms with Gasteiger partial charge >= 0.3 is 5.97 Å². The summed E-state index contributed by atoms with van der Waals surface area (Å²) >= 11 is 5.96. The lowest BCUT2D eigenvalue weighted by molar-refractivity contribution is -0.143. The van der Waals surface area contributed by atoms with E-state index in [1.807, 2.05) is 49.4 Å². The van der Waals surface area contributed by atoms with E-state index < -0.39 is 5.97 Å². The van der Waals surface area contributed by atoms with E-state index in [4.69, 9.17) is 21.1 Å². The van der Waals surface area contributed by atoms with Gasteiger partial charge in [0.15, 0.2) is 5.76 Å². The van der Waals surface area contributed by atoms with Gasteiger partial charge in [0.1, 0.15) is 5.58 Å². The maximum Gasteiger partial charge on any atom is 0.306 e. The molecule has 0 spiro atoms. The van der Waals surface area contributed by atoms with Crippen molar-refractivity contribution in [1.82, 2.24) is 4.90 Å². The number of carboxylic acid groups (broad SMARTS) is 1. The molecule has 6 heteroatoms. The zero-order valence-electron chi connectivity index (χ0n) is 15.4. The topological polar surface area (TPSA) is 70.8 Å². The molecular weight excluding hydrogens is 378 g/mol. The molecule has 0 aliphatic carbocycles. The number of rotatable bonds is 3. The fourth-order valence-electron chi connectivity index (χ4n) is 3.72. The van der Waals surface area contributed by atoms with E-state index in [1.165, 1.54) is 0 Å². The second-order valence-electron chi connectivity index (χ2n) is 7.18. The molecular formula is C22H20ClNO4. The molecule has 0 saturated carbocycles. The second kappa shape index (κ2) is 7.32. The number of aryl methyl sites for hydroxylation is 1. The predicted octanol–water partition coefficient (Wildman–Crippen LogP) is 5.00. The summed E-state index contributed by atoms with van der Waals surface area (Å²) in [5, 5.41) is 10.7. The largest absolute Gasteiger partial charge is 0.481 e. The molecule has 1 N–H and O–H groups in total. The number of carbonyl (C=O) groups excluding carboxylic acids is 1. The van der Waals surface area contributed by atoms with E-state index >= 15 is 0 Å². The number of hydrogen-bond acceptors (Lipinski definition) is 3. The number of hydrogen-bond donors (Lipinski definition) is 1. The summed E-state index contributed by atoms with van der Waals surface area (Å²) in [6.07, 6.45) is 0.947. The van der Waals surface area contributed by atoms with Gasteiger partial charge < -0.3 is 14.4 Å². The van der Waals surface area contributed by atoms with E-state index in [-0.39, 0.29) is 11.8 Å². The van der Waals surface area contributed by atoms with Crippen LogP contribution in [-0.2, 0) is 4.79 Å². The lowest BCUT2D eigenvalue weighted by Gasteiger charge is -2.29. The molecule has 28 heavy (non-hydrogen) atoms. The van der Waals surface area contributed by atoms with E-state index in [0.29, 0.717) is 42.3 Å². The first kappa shape index (κ1) is 18.6. The molecule has 1 fully saturated rings. The Morgan fingerprint density at radius 3 is 2.36 bits per heavy atom. The van der Waals surface area contributed by atoms with Crippen molar-refractivity contribution in [1.29, 1.82) is 0 Å². The minimum absolute atomic E-state index is 0.175. The van der Waals surface area contributed by atoms with E-state index in [2.05, 4.69) is 0 Å². The summed E-state index contributed by atoms with van der Waals surface area (Å²) in [5.74, 6) is -1.01. The zero-order chi connectivity index (χ0) is 19.8. The van der Waals surface area contributed by atoms with Crippen LogP contribution in [0.25, 0.3) is 22.1 Å². The van der Waals surface area contributed by atoms with Crippen LogP contribution in [-0.4, -0.2) is 35.0 Å². The van der Waals surface area contributed by atoms with Crippen LogP contribution in [0, 0.1) is 12.8 Å². The summed E-state index contributed by atoms with van der Waals surface area (Å²) in [6.45, 7) is 2.75. The maximum absolute atomic E-state index is 12.9. The Bertz CT molecular complexity index is 1050. The van der Waals surface area contributed by atoms with Crippen LogP contribution in [0.5, 0.6) is 0 Å². The van der Waals surface area contributed by atoms with Crippen LogP contribution in [0.15, 0.2) is 46.9 Å². The highest BCUT2D eigenvalue weighted by Crippen LogP contribution is 2.31. The Kier molecular flexibility index (Phi) is 4.85. The van der Waals surface area contributed by atoms with Crippen molar-refractivity contribution in [2.24, 2.45) is 5.92 Å². The van der Waals surface area contributed by atoms with Gasteiger partial charge in [0.25, 0.3) is 5.91 Å². The minimum Gasteiger partial charge on any atom is -0.481 e. The quantitative estimate of drug-likeness (QED) is 0.675. The number of aliphatic carboxylic acids is 1. The van der Waals surface area contributed by atoms with Gasteiger partial charge in [-0.3, -0.25) is 9.59 Å². The van der Waals surface area contributed by atoms with Crippen molar-refractivity contribution in [3.8, 4) is 11.1 Å². The molecule has 1 aliphatic heterocycles. The van der Waals surface area contributed by atoms with Gasteiger partial charge in [0.05, 0.1) is 5.92 Å². The summed E-state index contributed by atoms with van der Waals surface area (Å²) in [5.41, 5.74) is 3.47. The monoisotopic (exact) mass is 397 g/mol. The standard InChI is InChI=1S/C22H20ClNO4/c1-13-18-7-4-16(14-2-5-17(23)6-3-14)12-19(18)28-20(13)21(25)24-10-8-15(9-11-24)22(26)27/h2-7,12,15H,8-11H2,1H3,(H,26,27). The first-order valence-electron chi connectivity index (χ1n) is 9.25. The summed E-state index contributed by atoms with van der Waals surface area (Å²) in [6, 6.07) is 13.5. The number of carboxylic acids is 1. The highest BCUT2D eigenvalue weighted by Gasteiger charge is 2.30. The van der Waals surface area contributed by atoms with Gasteiger partial charge in [0.2, 0.25) is 0 Å². The van der Waals surface area contributed by atoms with Crippen LogP contribution < -0.4 is 0 Å². The smallest absolute Gasteiger partial charge is 0.306 e. The van der Waals surface area contributed by atoms with E-state index in [1.54, 1.807) is 4.90 Å². The van der Waals surface area contributed by atoms with Crippen LogP contribution in [0.4, 0.5) is 0 Å². The molecule has 1 aromatic heterocycles. The molecule has 3 aromatic rings. The Hall–Kier alpha value is -2.79. The van der Waals surface area contributed by atoms with Crippen LogP contribution >= 0.6 is 11.6 Å². The van der Waals surface area contributed by atoms with Gasteiger partial charge in [-0.05, 0) is 49.1 Å². The third-order valence-corrected chi connectivity index (χ3v) is 5.69. The van der Waals surface area contributed by atoms with E-state index in [9.17, 15) is 9.59 Å². The van der Waals surface area contributed by atoms with Crippen molar-refractivity contribution < 1.29 is 19.1 Å². The van der Waals surface area contributed by atoms with Crippen molar-refractivity contribution in [3.63, 3.8) is 0 Å². The van der Waals surface area contributed by atoms with Crippen molar-refractivity contribution in [3.05, 3.63) is 58.8 Å². The van der Waals surface area contributed by atoms with Crippen LogP contribution in [0.2, 0.25) is 5.02 Å². The molecule has 0 radical (unpaired) electrons. The molecule has 4 rings (SSSR count). The fourth-order valence-corrected chi connectivity index (χ4v) is 3.85. The molecule has 144 valence electrons. The Morgan fingerprint density at radius 2 is 1.71 bits per heavy atom. The third kappa shape index (κ3) is 3.38. The summed E-state index contributed by atoms with van der Waals surface area (Å²) < 4.78 is 5.94. The molecule has 5 nitrogen and oxygen atoms in total. The summed E-state index contributed by atoms with van der Waals surface area (Å²) in [4.78, 5) is 25.7. The number of piperidine rings is 1. The maximum atomic E-state index is 12.9. The fraction of sp³-hybridized carbons (Fsp3) is 0.273. The minimum atomic E-state index is -0.790. The summed E-state index contributed by atoms with van der Waals surface area (Å²) in [7, 11) is 0. The number of halogens is 1. The highest BCUT2D eigenvalue weighted by atomic mass is 35.5. The molecule has 0 bridgehead atoms. The van der Waals surface area contributed by atoms with Crippen LogP contribution in [0.3, 0.4) is 0 Å². The molecule has 1 saturated heterocycles. The molecule has 1 aliphatic rings. The normalized spacial score (nSPS) is 15.1. The van der Waals surface area contributed by atoms with Gasteiger partial charge in [-0.1, -0.05) is 35.9 Å². The van der Waals surface area contributed by atoms with Gasteiger partial charge in [0, 0.05) is 29.1 Å². The lowest BCUT2D eigenvalue weighted by Crippen LogP contribution is -2.40. The second-order valence-corrected chi connectivity index (χ2v) is 7.62. The first-order valence-corrected chi connectivity index (χ1v) is 9.63. The highest BCUT2D eigenvalue weighted by molar-refractivity contribution is 6.30. The Morgan fingerprint density at radius 1 is 1.07 bits per heavy atom. The lowest BCUT2D eigenvalue weighted by atomic mass is 9.97. The SMILES string of the molecule is Cc1c(C(=O)N2CCC(C(=O)O)CC2)oc2cc(-c3ccc(Cl)cc3)ccc12. The molecule has 2 heterocycles. The number of likely N-dealkylation sites (tertiary alicyclic amines) is 1. The number of nitrogens with zero attached hydrogens (tertiary/aromatic N) is 1. The Balaban J connectivity index is 1.61.